The smallest absolute Gasteiger partial charge is 0.192 e. The van der Waals surface area contributed by atoms with Crippen LogP contribution in [0, 0.1) is 0 Å². The fraction of sp³-hybridized carbons (Fsp3) is 0.182. The second kappa shape index (κ2) is 3.27. The van der Waals surface area contributed by atoms with E-state index < -0.39 is 0 Å². The van der Waals surface area contributed by atoms with Crippen molar-refractivity contribution < 1.29 is 4.79 Å². The third kappa shape index (κ3) is 1.22. The zero-order chi connectivity index (χ0) is 10.1. The first-order valence-electron chi connectivity index (χ1n) is 4.52. The van der Waals surface area contributed by atoms with Crippen LogP contribution in [0.4, 0.5) is 0 Å². The normalized spacial score (nSPS) is 10.7. The van der Waals surface area contributed by atoms with Crippen LogP contribution in [0.3, 0.4) is 0 Å². The number of rotatable bonds is 2. The Balaban J connectivity index is 2.68. The summed E-state index contributed by atoms with van der Waals surface area (Å²) >= 11 is 0. The number of carbonyl (C=O) groups excluding carboxylic acids is 1. The molecule has 72 valence electrons. The Morgan fingerprint density at radius 2 is 2.14 bits per heavy atom. The summed E-state index contributed by atoms with van der Waals surface area (Å²) in [4.78, 5) is 11.5. The summed E-state index contributed by atoms with van der Waals surface area (Å²) in [5, 5.41) is 1.08. The van der Waals surface area contributed by atoms with Crippen molar-refractivity contribution in [3.63, 3.8) is 0 Å². The van der Waals surface area contributed by atoms with Gasteiger partial charge in [0.25, 0.3) is 0 Å². The van der Waals surface area contributed by atoms with Gasteiger partial charge < -0.3 is 10.3 Å². The van der Waals surface area contributed by atoms with Crippen LogP contribution in [0.25, 0.3) is 10.9 Å². The standard InChI is InChI=1S/C11H12N2O/c1-13-9-5-3-2-4-8(9)6-10(13)11(14)7-12/h2-6H,7,12H2,1H3. The molecule has 0 radical (unpaired) electrons. The van der Waals surface area contributed by atoms with Gasteiger partial charge in [0, 0.05) is 18.0 Å². The van der Waals surface area contributed by atoms with Crippen molar-refractivity contribution in [1.29, 1.82) is 0 Å². The number of Topliss-reactive ketones (excluding diaryl/α,β-unsaturated/α-hetero) is 1. The van der Waals surface area contributed by atoms with E-state index in [1.54, 1.807) is 0 Å². The quantitative estimate of drug-likeness (QED) is 0.722. The second-order valence-corrected chi connectivity index (χ2v) is 3.27. The number of nitrogens with zero attached hydrogens (tertiary/aromatic N) is 1. The lowest BCUT2D eigenvalue weighted by Gasteiger charge is -2.00. The van der Waals surface area contributed by atoms with Crippen LogP contribution in [-0.2, 0) is 7.05 Å². The van der Waals surface area contributed by atoms with Gasteiger partial charge in [0.05, 0.1) is 12.2 Å². The number of hydrogen-bond acceptors (Lipinski definition) is 2. The molecule has 2 aromatic rings. The summed E-state index contributed by atoms with van der Waals surface area (Å²) in [5.41, 5.74) is 7.07. The van der Waals surface area contributed by atoms with E-state index in [4.69, 9.17) is 5.73 Å². The monoisotopic (exact) mass is 188 g/mol. The molecule has 1 heterocycles. The molecular formula is C11H12N2O. The van der Waals surface area contributed by atoms with Crippen molar-refractivity contribution in [2.24, 2.45) is 12.8 Å². The van der Waals surface area contributed by atoms with Crippen LogP contribution in [-0.4, -0.2) is 16.9 Å². The van der Waals surface area contributed by atoms with Crippen LogP contribution in [0.1, 0.15) is 10.5 Å². The van der Waals surface area contributed by atoms with Crippen LogP contribution in [0.2, 0.25) is 0 Å². The fourth-order valence-electron chi connectivity index (χ4n) is 1.66. The average Bonchev–Trinajstić information content (AvgIpc) is 2.56. The zero-order valence-corrected chi connectivity index (χ0v) is 8.03. The minimum absolute atomic E-state index is 0.0244. The number of aryl methyl sites for hydroxylation is 1. The van der Waals surface area contributed by atoms with Crippen molar-refractivity contribution in [3.05, 3.63) is 36.0 Å². The molecule has 2 N–H and O–H groups in total. The highest BCUT2D eigenvalue weighted by molar-refractivity contribution is 6.01. The van der Waals surface area contributed by atoms with Crippen molar-refractivity contribution >= 4 is 16.7 Å². The van der Waals surface area contributed by atoms with Gasteiger partial charge in [0.2, 0.25) is 0 Å². The minimum atomic E-state index is -0.0244. The van der Waals surface area contributed by atoms with Crippen LogP contribution in [0.15, 0.2) is 30.3 Å². The fourth-order valence-corrected chi connectivity index (χ4v) is 1.66. The molecule has 0 spiro atoms. The van der Waals surface area contributed by atoms with E-state index in [2.05, 4.69) is 0 Å². The molecule has 0 bridgehead atoms. The van der Waals surface area contributed by atoms with Gasteiger partial charge in [-0.1, -0.05) is 18.2 Å². The highest BCUT2D eigenvalue weighted by Crippen LogP contribution is 2.18. The van der Waals surface area contributed by atoms with Crippen molar-refractivity contribution in [1.82, 2.24) is 4.57 Å². The van der Waals surface area contributed by atoms with Crippen LogP contribution in [0.5, 0.6) is 0 Å². The lowest BCUT2D eigenvalue weighted by molar-refractivity contribution is 0.0994. The molecule has 0 aliphatic rings. The maximum atomic E-state index is 11.5. The second-order valence-electron chi connectivity index (χ2n) is 3.27. The Bertz CT molecular complexity index is 485. The molecule has 3 nitrogen and oxygen atoms in total. The Hall–Kier alpha value is -1.61. The summed E-state index contributed by atoms with van der Waals surface area (Å²) in [6, 6.07) is 9.77. The molecule has 0 saturated heterocycles. The SMILES string of the molecule is Cn1c(C(=O)CN)cc2ccccc21. The van der Waals surface area contributed by atoms with Crippen LogP contribution < -0.4 is 5.73 Å². The van der Waals surface area contributed by atoms with Gasteiger partial charge in [-0.25, -0.2) is 0 Å². The molecule has 0 fully saturated rings. The third-order valence-corrected chi connectivity index (χ3v) is 2.42. The van der Waals surface area contributed by atoms with Gasteiger partial charge in [0.15, 0.2) is 5.78 Å². The lowest BCUT2D eigenvalue weighted by atomic mass is 10.2. The molecule has 0 atom stereocenters. The molecule has 1 aromatic heterocycles. The maximum absolute atomic E-state index is 11.5. The van der Waals surface area contributed by atoms with Gasteiger partial charge in [-0.3, -0.25) is 4.79 Å². The first kappa shape index (κ1) is 8.97. The summed E-state index contributed by atoms with van der Waals surface area (Å²) in [6.07, 6.45) is 0. The number of aromatic nitrogens is 1. The van der Waals surface area contributed by atoms with Gasteiger partial charge in [-0.05, 0) is 12.1 Å². The van der Waals surface area contributed by atoms with E-state index >= 15 is 0 Å². The Morgan fingerprint density at radius 3 is 2.79 bits per heavy atom. The molecule has 0 aliphatic heterocycles. The van der Waals surface area contributed by atoms with E-state index in [1.807, 2.05) is 41.9 Å². The van der Waals surface area contributed by atoms with Crippen molar-refractivity contribution in [2.75, 3.05) is 6.54 Å². The summed E-state index contributed by atoms with van der Waals surface area (Å²) in [5.74, 6) is -0.0244. The zero-order valence-electron chi connectivity index (χ0n) is 8.03. The van der Waals surface area contributed by atoms with Crippen molar-refractivity contribution in [3.8, 4) is 0 Å². The molecular weight excluding hydrogens is 176 g/mol. The number of carbonyl (C=O) groups is 1. The molecule has 0 aliphatic carbocycles. The highest BCUT2D eigenvalue weighted by atomic mass is 16.1. The molecule has 2 rings (SSSR count). The summed E-state index contributed by atoms with van der Waals surface area (Å²) < 4.78 is 1.88. The summed E-state index contributed by atoms with van der Waals surface area (Å²) in [7, 11) is 1.88. The highest BCUT2D eigenvalue weighted by Gasteiger charge is 2.10. The first-order chi connectivity index (χ1) is 6.74. The predicted molar refractivity (Wildman–Crippen MR) is 56.3 cm³/mol. The van der Waals surface area contributed by atoms with E-state index in [9.17, 15) is 4.79 Å². The first-order valence-corrected chi connectivity index (χ1v) is 4.52. The van der Waals surface area contributed by atoms with Gasteiger partial charge in [-0.2, -0.15) is 0 Å². The minimum Gasteiger partial charge on any atom is -0.341 e. The molecule has 1 aromatic carbocycles. The number of ketones is 1. The molecule has 3 heteroatoms. The van der Waals surface area contributed by atoms with E-state index in [0.29, 0.717) is 5.69 Å². The topological polar surface area (TPSA) is 48.0 Å². The Kier molecular flexibility index (Phi) is 2.09. The number of benzene rings is 1. The third-order valence-electron chi connectivity index (χ3n) is 2.42. The number of para-hydroxylation sites is 1. The van der Waals surface area contributed by atoms with E-state index in [1.165, 1.54) is 0 Å². The van der Waals surface area contributed by atoms with E-state index in [0.717, 1.165) is 10.9 Å². The molecule has 0 saturated carbocycles. The van der Waals surface area contributed by atoms with Gasteiger partial charge in [-0.15, -0.1) is 0 Å². The van der Waals surface area contributed by atoms with Crippen LogP contribution >= 0.6 is 0 Å². The Morgan fingerprint density at radius 1 is 1.43 bits per heavy atom. The lowest BCUT2D eigenvalue weighted by Crippen LogP contribution is -2.16. The largest absolute Gasteiger partial charge is 0.341 e. The molecule has 14 heavy (non-hydrogen) atoms. The molecule has 0 amide bonds. The van der Waals surface area contributed by atoms with E-state index in [-0.39, 0.29) is 12.3 Å². The van der Waals surface area contributed by atoms with Gasteiger partial charge in [0.1, 0.15) is 0 Å². The summed E-state index contributed by atoms with van der Waals surface area (Å²) in [6.45, 7) is 0.0597. The number of nitrogens with two attached hydrogens (primary N) is 1. The van der Waals surface area contributed by atoms with Crippen molar-refractivity contribution in [2.45, 2.75) is 0 Å². The predicted octanol–water partition coefficient (Wildman–Crippen LogP) is 1.32. The number of hydrogen-bond donors (Lipinski definition) is 1. The maximum Gasteiger partial charge on any atom is 0.192 e. The van der Waals surface area contributed by atoms with Gasteiger partial charge >= 0.3 is 0 Å². The number of fused-ring (bicyclic) bond motifs is 1. The Labute approximate surface area is 82.1 Å². The average molecular weight is 188 g/mol. The molecule has 0 unspecified atom stereocenters.